The van der Waals surface area contributed by atoms with E-state index in [1.165, 1.54) is 37.7 Å². The summed E-state index contributed by atoms with van der Waals surface area (Å²) in [4.78, 5) is 0. The number of halogens is 1. The number of rotatable bonds is 8. The van der Waals surface area contributed by atoms with Gasteiger partial charge in [0.15, 0.2) is 0 Å². The van der Waals surface area contributed by atoms with Gasteiger partial charge in [0.1, 0.15) is 0 Å². The first-order valence-electron chi connectivity index (χ1n) is 5.70. The van der Waals surface area contributed by atoms with Crippen LogP contribution in [0.25, 0.3) is 0 Å². The summed E-state index contributed by atoms with van der Waals surface area (Å²) in [7, 11) is -0.746. The van der Waals surface area contributed by atoms with E-state index in [0.717, 1.165) is 6.16 Å². The average Bonchev–Trinajstić information content (AvgIpc) is 2.06. The van der Waals surface area contributed by atoms with Gasteiger partial charge in [0, 0.05) is 7.26 Å². The van der Waals surface area contributed by atoms with Gasteiger partial charge in [-0.1, -0.05) is 20.8 Å². The Hall–Kier alpha value is 0.870. The number of hydrogen-bond acceptors (Lipinski definition) is 1. The monoisotopic (exact) mass is 285 g/mol. The van der Waals surface area contributed by atoms with Gasteiger partial charge in [0.25, 0.3) is 0 Å². The molecule has 0 amide bonds. The second-order valence-electron chi connectivity index (χ2n) is 3.96. The molecule has 0 rings (SSSR count). The Labute approximate surface area is 101 Å². The highest BCUT2D eigenvalue weighted by atomic mass is 79.9. The smallest absolute Gasteiger partial charge is 0.0825 e. The highest BCUT2D eigenvalue weighted by molar-refractivity contribution is 8.93. The molecule has 0 fully saturated rings. The van der Waals surface area contributed by atoms with Gasteiger partial charge >= 0.3 is 0 Å². The van der Waals surface area contributed by atoms with Gasteiger partial charge in [-0.2, -0.15) is 0 Å². The van der Waals surface area contributed by atoms with Gasteiger partial charge in [0.05, 0.1) is 31.3 Å². The zero-order valence-corrected chi connectivity index (χ0v) is 12.6. The van der Waals surface area contributed by atoms with Gasteiger partial charge in [0.2, 0.25) is 0 Å². The second kappa shape index (κ2) is 10.4. The van der Waals surface area contributed by atoms with E-state index in [0.29, 0.717) is 6.61 Å². The lowest BCUT2D eigenvalue weighted by atomic mass is 10.6. The number of aliphatic hydroxyl groups excluding tert-OH is 1. The molecule has 0 saturated carbocycles. The normalized spacial score (nSPS) is 11.1. The van der Waals surface area contributed by atoms with E-state index in [9.17, 15) is 0 Å². The van der Waals surface area contributed by atoms with Crippen LogP contribution in [0, 0.1) is 0 Å². The summed E-state index contributed by atoms with van der Waals surface area (Å²) in [6.07, 6.45) is 9.21. The van der Waals surface area contributed by atoms with Crippen molar-refractivity contribution < 1.29 is 5.11 Å². The predicted octanol–water partition coefficient (Wildman–Crippen LogP) is 3.80. The third-order valence-electron chi connectivity index (χ3n) is 2.67. The molecule has 88 valence electrons. The van der Waals surface area contributed by atoms with Crippen molar-refractivity contribution in [2.75, 3.05) is 31.3 Å². The Morgan fingerprint density at radius 2 is 1.14 bits per heavy atom. The fourth-order valence-corrected chi connectivity index (χ4v) is 6.92. The second-order valence-corrected chi connectivity index (χ2v) is 8.43. The molecule has 0 aromatic carbocycles. The molecule has 1 N–H and O–H groups in total. The van der Waals surface area contributed by atoms with Crippen molar-refractivity contribution in [1.29, 1.82) is 0 Å². The van der Waals surface area contributed by atoms with Crippen LogP contribution >= 0.6 is 24.2 Å². The zero-order valence-electron chi connectivity index (χ0n) is 9.96. The summed E-state index contributed by atoms with van der Waals surface area (Å²) in [6, 6.07) is 0. The molecular weight excluding hydrogens is 259 g/mol. The van der Waals surface area contributed by atoms with Crippen LogP contribution < -0.4 is 0 Å². The van der Waals surface area contributed by atoms with Gasteiger partial charge in [-0.25, -0.2) is 0 Å². The summed E-state index contributed by atoms with van der Waals surface area (Å²) in [5.74, 6) is 0. The van der Waals surface area contributed by atoms with Gasteiger partial charge in [-0.3, -0.25) is 0 Å². The van der Waals surface area contributed by atoms with E-state index in [-0.39, 0.29) is 17.0 Å². The third-order valence-corrected chi connectivity index (χ3v) is 8.00. The summed E-state index contributed by atoms with van der Waals surface area (Å²) in [5, 5.41) is 9.11. The minimum Gasteiger partial charge on any atom is -0.393 e. The molecule has 0 aromatic rings. The number of aliphatic hydroxyl groups is 1. The van der Waals surface area contributed by atoms with Gasteiger partial charge < -0.3 is 5.11 Å². The first-order chi connectivity index (χ1) is 6.24. The molecule has 3 heteroatoms. The highest BCUT2D eigenvalue weighted by Crippen LogP contribution is 2.59. The predicted molar refractivity (Wildman–Crippen MR) is 74.7 cm³/mol. The molecule has 0 aliphatic carbocycles. The molecule has 0 heterocycles. The molecule has 0 unspecified atom stereocenters. The molecule has 0 radical (unpaired) electrons. The fraction of sp³-hybridized carbons (Fsp3) is 1.00. The fourth-order valence-electron chi connectivity index (χ4n) is 2.31. The maximum Gasteiger partial charge on any atom is 0.0825 e. The summed E-state index contributed by atoms with van der Waals surface area (Å²) in [5.41, 5.74) is 0. The molecule has 0 aliphatic rings. The maximum atomic E-state index is 9.11. The van der Waals surface area contributed by atoms with E-state index in [2.05, 4.69) is 20.8 Å². The Morgan fingerprint density at radius 3 is 1.36 bits per heavy atom. The Bertz CT molecular complexity index is 90.3. The first-order valence-corrected chi connectivity index (χ1v) is 8.23. The van der Waals surface area contributed by atoms with Crippen molar-refractivity contribution in [1.82, 2.24) is 0 Å². The Morgan fingerprint density at radius 1 is 0.786 bits per heavy atom. The molecule has 14 heavy (non-hydrogen) atoms. The zero-order chi connectivity index (χ0) is 10.2. The minimum absolute atomic E-state index is 0. The standard InChI is InChI=1S/C11H26OP.BrH/c1-4-8-13(9-5-2,10-6-3)11-7-12;/h12H,4-11H2,1-3H3;1H/q+1;. The molecular formula is C11H27BrOP+. The lowest BCUT2D eigenvalue weighted by molar-refractivity contribution is 0.320. The topological polar surface area (TPSA) is 20.2 Å². The summed E-state index contributed by atoms with van der Waals surface area (Å²) >= 11 is 0. The van der Waals surface area contributed by atoms with Crippen LogP contribution in [0.1, 0.15) is 40.0 Å². The van der Waals surface area contributed by atoms with Crippen molar-refractivity contribution in [3.8, 4) is 0 Å². The first kappa shape index (κ1) is 17.3. The molecule has 0 atom stereocenters. The minimum atomic E-state index is -0.746. The molecule has 0 saturated heterocycles. The SMILES string of the molecule is Br.CCC[P+](CCC)(CCC)CCO. The molecule has 0 bridgehead atoms. The van der Waals surface area contributed by atoms with Crippen LogP contribution in [-0.4, -0.2) is 36.4 Å². The third kappa shape index (κ3) is 6.37. The van der Waals surface area contributed by atoms with Crippen molar-refractivity contribution in [3.63, 3.8) is 0 Å². The van der Waals surface area contributed by atoms with E-state index >= 15 is 0 Å². The lowest BCUT2D eigenvalue weighted by Gasteiger charge is -2.25. The summed E-state index contributed by atoms with van der Waals surface area (Å²) < 4.78 is 0. The van der Waals surface area contributed by atoms with Gasteiger partial charge in [-0.15, -0.1) is 17.0 Å². The van der Waals surface area contributed by atoms with Gasteiger partial charge in [-0.05, 0) is 19.3 Å². The van der Waals surface area contributed by atoms with E-state index < -0.39 is 7.26 Å². The van der Waals surface area contributed by atoms with Crippen molar-refractivity contribution >= 4 is 24.2 Å². The van der Waals surface area contributed by atoms with Crippen molar-refractivity contribution in [3.05, 3.63) is 0 Å². The molecule has 0 aliphatic heterocycles. The Balaban J connectivity index is 0. The summed E-state index contributed by atoms with van der Waals surface area (Å²) in [6.45, 7) is 7.24. The highest BCUT2D eigenvalue weighted by Gasteiger charge is 2.33. The van der Waals surface area contributed by atoms with E-state index in [4.69, 9.17) is 5.11 Å². The van der Waals surface area contributed by atoms with Crippen LogP contribution in [0.2, 0.25) is 0 Å². The maximum absolute atomic E-state index is 9.11. The molecule has 1 nitrogen and oxygen atoms in total. The average molecular weight is 286 g/mol. The molecule has 0 aromatic heterocycles. The lowest BCUT2D eigenvalue weighted by Crippen LogP contribution is -2.13. The largest absolute Gasteiger partial charge is 0.393 e. The Kier molecular flexibility index (Phi) is 12.8. The van der Waals surface area contributed by atoms with Crippen LogP contribution in [0.4, 0.5) is 0 Å². The van der Waals surface area contributed by atoms with Crippen LogP contribution in [-0.2, 0) is 0 Å². The van der Waals surface area contributed by atoms with Crippen molar-refractivity contribution in [2.45, 2.75) is 40.0 Å². The van der Waals surface area contributed by atoms with Crippen LogP contribution in [0.5, 0.6) is 0 Å². The quantitative estimate of drug-likeness (QED) is 0.673. The van der Waals surface area contributed by atoms with E-state index in [1.54, 1.807) is 0 Å². The van der Waals surface area contributed by atoms with E-state index in [1.807, 2.05) is 0 Å². The van der Waals surface area contributed by atoms with Crippen LogP contribution in [0.15, 0.2) is 0 Å². The molecule has 0 spiro atoms. The number of hydrogen-bond donors (Lipinski definition) is 1. The van der Waals surface area contributed by atoms with Crippen LogP contribution in [0.3, 0.4) is 0 Å². The van der Waals surface area contributed by atoms with Crippen molar-refractivity contribution in [2.24, 2.45) is 0 Å².